The third-order valence-electron chi connectivity index (χ3n) is 4.10. The molecule has 0 aromatic heterocycles. The fraction of sp³-hybridized carbons (Fsp3) is 1.00. The first-order valence-corrected chi connectivity index (χ1v) is 7.71. The Hall–Kier alpha value is -0.0500. The average molecular weight is 216 g/mol. The minimum atomic E-state index is -2.78. The lowest BCUT2D eigenvalue weighted by atomic mass is 9.71. The molecule has 3 unspecified atom stereocenters. The summed E-state index contributed by atoms with van der Waals surface area (Å²) < 4.78 is 22.9. The van der Waals surface area contributed by atoms with Crippen molar-refractivity contribution in [3.05, 3.63) is 0 Å². The molecule has 3 heteroatoms. The Morgan fingerprint density at radius 2 is 1.57 bits per heavy atom. The highest BCUT2D eigenvalue weighted by Crippen LogP contribution is 2.41. The van der Waals surface area contributed by atoms with Gasteiger partial charge in [0, 0.05) is 6.26 Å². The summed E-state index contributed by atoms with van der Waals surface area (Å²) in [6.45, 7) is 0. The predicted molar refractivity (Wildman–Crippen MR) is 57.9 cm³/mol. The summed E-state index contributed by atoms with van der Waals surface area (Å²) >= 11 is 0. The molecule has 14 heavy (non-hydrogen) atoms. The normalized spacial score (nSPS) is 39.1. The number of rotatable bonds is 1. The van der Waals surface area contributed by atoms with Crippen LogP contribution in [-0.2, 0) is 9.84 Å². The minimum Gasteiger partial charge on any atom is -0.229 e. The molecule has 0 aromatic carbocycles. The Labute approximate surface area is 87.0 Å². The van der Waals surface area contributed by atoms with Gasteiger partial charge in [0.25, 0.3) is 0 Å². The molecule has 0 heterocycles. The Bertz CT molecular complexity index is 294. The Balaban J connectivity index is 2.03. The van der Waals surface area contributed by atoms with Crippen LogP contribution < -0.4 is 0 Å². The lowest BCUT2D eigenvalue weighted by Gasteiger charge is -2.38. The van der Waals surface area contributed by atoms with Crippen molar-refractivity contribution >= 4 is 9.84 Å². The van der Waals surface area contributed by atoms with Crippen LogP contribution in [0.3, 0.4) is 0 Å². The minimum absolute atomic E-state index is 0.0261. The van der Waals surface area contributed by atoms with E-state index in [1.807, 2.05) is 0 Å². The van der Waals surface area contributed by atoms with E-state index >= 15 is 0 Å². The van der Waals surface area contributed by atoms with Gasteiger partial charge in [-0.15, -0.1) is 0 Å². The molecule has 2 aliphatic carbocycles. The lowest BCUT2D eigenvalue weighted by molar-refractivity contribution is 0.173. The van der Waals surface area contributed by atoms with Crippen molar-refractivity contribution in [2.75, 3.05) is 6.26 Å². The van der Waals surface area contributed by atoms with Crippen molar-refractivity contribution in [3.63, 3.8) is 0 Å². The summed E-state index contributed by atoms with van der Waals surface area (Å²) in [5.74, 6) is 1.57. The maximum atomic E-state index is 11.5. The first kappa shape index (κ1) is 10.5. The van der Waals surface area contributed by atoms with E-state index in [4.69, 9.17) is 0 Å². The van der Waals surface area contributed by atoms with E-state index in [1.54, 1.807) is 0 Å². The van der Waals surface area contributed by atoms with E-state index in [0.717, 1.165) is 31.1 Å². The van der Waals surface area contributed by atoms with E-state index in [1.165, 1.54) is 31.9 Å². The number of hydrogen-bond acceptors (Lipinski definition) is 2. The van der Waals surface area contributed by atoms with Crippen molar-refractivity contribution in [2.45, 2.75) is 50.2 Å². The molecule has 2 nitrogen and oxygen atoms in total. The second-order valence-corrected chi connectivity index (χ2v) is 7.39. The Morgan fingerprint density at radius 1 is 0.929 bits per heavy atom. The van der Waals surface area contributed by atoms with Gasteiger partial charge in [0.15, 0.2) is 0 Å². The third kappa shape index (κ3) is 2.13. The van der Waals surface area contributed by atoms with E-state index in [9.17, 15) is 8.42 Å². The SMILES string of the molecule is CS(=O)(=O)C1CCC2CCCCC2C1. The van der Waals surface area contributed by atoms with Gasteiger partial charge in [-0.25, -0.2) is 8.42 Å². The van der Waals surface area contributed by atoms with Gasteiger partial charge in [0.1, 0.15) is 9.84 Å². The van der Waals surface area contributed by atoms with Crippen LogP contribution in [0.2, 0.25) is 0 Å². The summed E-state index contributed by atoms with van der Waals surface area (Å²) in [4.78, 5) is 0. The fourth-order valence-electron chi connectivity index (χ4n) is 3.22. The molecule has 0 N–H and O–H groups in total. The van der Waals surface area contributed by atoms with Crippen LogP contribution in [0.15, 0.2) is 0 Å². The topological polar surface area (TPSA) is 34.1 Å². The standard InChI is InChI=1S/C11H20O2S/c1-14(12,13)11-7-6-9-4-2-3-5-10(9)8-11/h9-11H,2-8H2,1H3. The zero-order valence-corrected chi connectivity index (χ0v) is 9.72. The van der Waals surface area contributed by atoms with Gasteiger partial charge in [0.05, 0.1) is 5.25 Å². The lowest BCUT2D eigenvalue weighted by Crippen LogP contribution is -2.34. The largest absolute Gasteiger partial charge is 0.229 e. The Morgan fingerprint density at radius 3 is 2.21 bits per heavy atom. The molecule has 2 fully saturated rings. The smallest absolute Gasteiger partial charge is 0.150 e. The monoisotopic (exact) mass is 216 g/mol. The second kappa shape index (κ2) is 3.84. The highest BCUT2D eigenvalue weighted by atomic mass is 32.2. The molecule has 0 amide bonds. The molecular formula is C11H20O2S. The molecule has 3 atom stereocenters. The zero-order chi connectivity index (χ0) is 10.2. The van der Waals surface area contributed by atoms with Crippen molar-refractivity contribution in [2.24, 2.45) is 11.8 Å². The maximum Gasteiger partial charge on any atom is 0.150 e. The quantitative estimate of drug-likeness (QED) is 0.674. The van der Waals surface area contributed by atoms with Crippen molar-refractivity contribution in [1.29, 1.82) is 0 Å². The highest BCUT2D eigenvalue weighted by Gasteiger charge is 2.35. The van der Waals surface area contributed by atoms with Gasteiger partial charge in [-0.1, -0.05) is 25.7 Å². The molecule has 2 aliphatic rings. The van der Waals surface area contributed by atoms with Crippen molar-refractivity contribution < 1.29 is 8.42 Å². The van der Waals surface area contributed by atoms with Crippen LogP contribution in [-0.4, -0.2) is 19.9 Å². The van der Waals surface area contributed by atoms with Crippen molar-refractivity contribution in [1.82, 2.24) is 0 Å². The third-order valence-corrected chi connectivity index (χ3v) is 5.74. The first-order valence-electron chi connectivity index (χ1n) is 5.76. The van der Waals surface area contributed by atoms with Crippen LogP contribution in [0.4, 0.5) is 0 Å². The predicted octanol–water partition coefficient (Wildman–Crippen LogP) is 2.39. The molecule has 82 valence electrons. The number of hydrogen-bond donors (Lipinski definition) is 0. The van der Waals surface area contributed by atoms with Gasteiger partial charge in [0.2, 0.25) is 0 Å². The molecule has 0 aliphatic heterocycles. The zero-order valence-electron chi connectivity index (χ0n) is 8.91. The Kier molecular flexibility index (Phi) is 2.87. The van der Waals surface area contributed by atoms with Crippen LogP contribution >= 0.6 is 0 Å². The molecule has 0 bridgehead atoms. The van der Waals surface area contributed by atoms with Crippen LogP contribution in [0.1, 0.15) is 44.9 Å². The molecule has 0 spiro atoms. The van der Waals surface area contributed by atoms with Gasteiger partial charge in [-0.2, -0.15) is 0 Å². The number of fused-ring (bicyclic) bond motifs is 1. The van der Waals surface area contributed by atoms with Crippen LogP contribution in [0, 0.1) is 11.8 Å². The molecule has 0 saturated heterocycles. The van der Waals surface area contributed by atoms with Crippen molar-refractivity contribution in [3.8, 4) is 0 Å². The van der Waals surface area contributed by atoms with E-state index in [0.29, 0.717) is 0 Å². The van der Waals surface area contributed by atoms with Gasteiger partial charge >= 0.3 is 0 Å². The molecule has 2 saturated carbocycles. The average Bonchev–Trinajstić information content (AvgIpc) is 2.16. The summed E-state index contributed by atoms with van der Waals surface area (Å²) in [5.41, 5.74) is 0. The number of sulfone groups is 1. The summed E-state index contributed by atoms with van der Waals surface area (Å²) in [6, 6.07) is 0. The summed E-state index contributed by atoms with van der Waals surface area (Å²) in [7, 11) is -2.78. The van der Waals surface area contributed by atoms with Crippen LogP contribution in [0.25, 0.3) is 0 Å². The molecular weight excluding hydrogens is 196 g/mol. The van der Waals surface area contributed by atoms with Crippen LogP contribution in [0.5, 0.6) is 0 Å². The highest BCUT2D eigenvalue weighted by molar-refractivity contribution is 7.91. The fourth-order valence-corrected chi connectivity index (χ4v) is 4.38. The molecule has 2 rings (SSSR count). The summed E-state index contributed by atoms with van der Waals surface area (Å²) in [5, 5.41) is -0.0261. The van der Waals surface area contributed by atoms with E-state index in [2.05, 4.69) is 0 Å². The van der Waals surface area contributed by atoms with Gasteiger partial charge < -0.3 is 0 Å². The summed E-state index contributed by atoms with van der Waals surface area (Å²) in [6.07, 6.45) is 9.73. The molecule has 0 aromatic rings. The second-order valence-electron chi connectivity index (χ2n) is 5.07. The maximum absolute atomic E-state index is 11.5. The van der Waals surface area contributed by atoms with E-state index in [-0.39, 0.29) is 5.25 Å². The van der Waals surface area contributed by atoms with E-state index < -0.39 is 9.84 Å². The van der Waals surface area contributed by atoms with Gasteiger partial charge in [-0.3, -0.25) is 0 Å². The molecule has 0 radical (unpaired) electrons. The van der Waals surface area contributed by atoms with Gasteiger partial charge in [-0.05, 0) is 31.1 Å². The first-order chi connectivity index (χ1) is 6.57.